The van der Waals surface area contributed by atoms with Crippen LogP contribution in [-0.4, -0.2) is 36.1 Å². The maximum absolute atomic E-state index is 12.1. The molecule has 1 unspecified atom stereocenters. The Bertz CT molecular complexity index is 895. The summed E-state index contributed by atoms with van der Waals surface area (Å²) in [6.07, 6.45) is 1.87. The SMILES string of the molecule is CC(C)CCC(C)Nc1c(Nc2cccc(C(=O)N(C)C)c2O)c(=O)c1=O. The van der Waals surface area contributed by atoms with E-state index in [2.05, 4.69) is 24.5 Å². The van der Waals surface area contributed by atoms with Crippen molar-refractivity contribution in [2.75, 3.05) is 24.7 Å². The van der Waals surface area contributed by atoms with E-state index in [-0.39, 0.29) is 40.3 Å². The fourth-order valence-electron chi connectivity index (χ4n) is 2.74. The molecule has 1 atom stereocenters. The zero-order chi connectivity index (χ0) is 20.3. The third-order valence-electron chi connectivity index (χ3n) is 4.41. The summed E-state index contributed by atoms with van der Waals surface area (Å²) in [5, 5.41) is 16.3. The number of hydrogen-bond acceptors (Lipinski definition) is 6. The molecule has 0 fully saturated rings. The molecule has 146 valence electrons. The molecule has 2 rings (SSSR count). The normalized spacial score (nSPS) is 12.2. The van der Waals surface area contributed by atoms with Gasteiger partial charge in [0.25, 0.3) is 16.8 Å². The Balaban J connectivity index is 2.23. The van der Waals surface area contributed by atoms with Gasteiger partial charge in [0, 0.05) is 20.1 Å². The summed E-state index contributed by atoms with van der Waals surface area (Å²) in [4.78, 5) is 37.4. The lowest BCUT2D eigenvalue weighted by atomic mass is 10.0. The second-order valence-electron chi connectivity index (χ2n) is 7.45. The third-order valence-corrected chi connectivity index (χ3v) is 4.41. The van der Waals surface area contributed by atoms with Gasteiger partial charge < -0.3 is 20.6 Å². The van der Waals surface area contributed by atoms with Crippen LogP contribution in [0.3, 0.4) is 0 Å². The summed E-state index contributed by atoms with van der Waals surface area (Å²) in [5.41, 5.74) is -0.566. The number of nitrogens with zero attached hydrogens (tertiary/aromatic N) is 1. The highest BCUT2D eigenvalue weighted by Gasteiger charge is 2.24. The monoisotopic (exact) mass is 373 g/mol. The fourth-order valence-corrected chi connectivity index (χ4v) is 2.74. The lowest BCUT2D eigenvalue weighted by Crippen LogP contribution is -2.38. The van der Waals surface area contributed by atoms with Crippen molar-refractivity contribution in [1.82, 2.24) is 4.90 Å². The second-order valence-corrected chi connectivity index (χ2v) is 7.45. The fraction of sp³-hybridized carbons (Fsp3) is 0.450. The molecule has 0 aromatic heterocycles. The van der Waals surface area contributed by atoms with Gasteiger partial charge in [0.05, 0.1) is 11.3 Å². The van der Waals surface area contributed by atoms with Crippen molar-refractivity contribution in [2.45, 2.75) is 39.7 Å². The minimum atomic E-state index is -0.641. The van der Waals surface area contributed by atoms with E-state index < -0.39 is 10.9 Å². The molecule has 0 heterocycles. The van der Waals surface area contributed by atoms with Gasteiger partial charge in [0.15, 0.2) is 5.75 Å². The van der Waals surface area contributed by atoms with Crippen LogP contribution >= 0.6 is 0 Å². The van der Waals surface area contributed by atoms with Crippen molar-refractivity contribution in [3.05, 3.63) is 44.2 Å². The molecule has 7 nitrogen and oxygen atoms in total. The molecule has 7 heteroatoms. The lowest BCUT2D eigenvalue weighted by molar-refractivity contribution is 0.0824. The van der Waals surface area contributed by atoms with Crippen LogP contribution < -0.4 is 21.5 Å². The number of rotatable bonds is 8. The number of carbonyl (C=O) groups excluding carboxylic acids is 1. The zero-order valence-electron chi connectivity index (χ0n) is 16.4. The molecule has 0 saturated heterocycles. The summed E-state index contributed by atoms with van der Waals surface area (Å²) < 4.78 is 0. The van der Waals surface area contributed by atoms with Gasteiger partial charge in [-0.1, -0.05) is 19.9 Å². The molecule has 0 saturated carbocycles. The van der Waals surface area contributed by atoms with Crippen molar-refractivity contribution >= 4 is 23.0 Å². The highest BCUT2D eigenvalue weighted by molar-refractivity contribution is 5.99. The molecule has 1 amide bonds. The number of phenols is 1. The first-order chi connectivity index (χ1) is 12.6. The van der Waals surface area contributed by atoms with E-state index >= 15 is 0 Å². The standard InChI is InChI=1S/C20H27N3O4/c1-11(2)9-10-12(3)21-15-16(19(26)18(15)25)22-14-8-6-7-13(17(14)24)20(27)23(4)5/h6-8,11-12,21-22,24H,9-10H2,1-5H3. The van der Waals surface area contributed by atoms with Crippen molar-refractivity contribution in [2.24, 2.45) is 5.92 Å². The lowest BCUT2D eigenvalue weighted by Gasteiger charge is -2.21. The summed E-state index contributed by atoms with van der Waals surface area (Å²) in [5.74, 6) is -0.0710. The van der Waals surface area contributed by atoms with Gasteiger partial charge >= 0.3 is 0 Å². The van der Waals surface area contributed by atoms with Crippen molar-refractivity contribution in [3.8, 4) is 5.75 Å². The third kappa shape index (κ3) is 4.48. The summed E-state index contributed by atoms with van der Waals surface area (Å²) >= 11 is 0. The Morgan fingerprint density at radius 1 is 1.07 bits per heavy atom. The van der Waals surface area contributed by atoms with Crippen LogP contribution in [-0.2, 0) is 0 Å². The number of phenolic OH excluding ortho intramolecular Hbond substituents is 1. The Kier molecular flexibility index (Phi) is 6.25. The molecule has 0 aliphatic heterocycles. The Morgan fingerprint density at radius 3 is 2.30 bits per heavy atom. The van der Waals surface area contributed by atoms with Gasteiger partial charge in [0.1, 0.15) is 11.4 Å². The molecule has 0 radical (unpaired) electrons. The Hall–Kier alpha value is -2.83. The van der Waals surface area contributed by atoms with E-state index in [4.69, 9.17) is 0 Å². The molecule has 0 aliphatic carbocycles. The van der Waals surface area contributed by atoms with Crippen LogP contribution in [0.1, 0.15) is 44.0 Å². The molecule has 27 heavy (non-hydrogen) atoms. The summed E-state index contributed by atoms with van der Waals surface area (Å²) in [6, 6.07) is 4.68. The predicted octanol–water partition coefficient (Wildman–Crippen LogP) is 2.67. The maximum Gasteiger partial charge on any atom is 0.257 e. The van der Waals surface area contributed by atoms with Crippen molar-refractivity contribution in [3.63, 3.8) is 0 Å². The minimum Gasteiger partial charge on any atom is -0.505 e. The van der Waals surface area contributed by atoms with E-state index in [0.29, 0.717) is 5.92 Å². The molecular weight excluding hydrogens is 346 g/mol. The number of hydrogen-bond donors (Lipinski definition) is 3. The van der Waals surface area contributed by atoms with Crippen molar-refractivity contribution < 1.29 is 9.90 Å². The number of para-hydroxylation sites is 1. The maximum atomic E-state index is 12.1. The Labute approximate surface area is 158 Å². The van der Waals surface area contributed by atoms with Crippen LogP contribution in [0.15, 0.2) is 27.8 Å². The minimum absolute atomic E-state index is 0.0338. The number of benzene rings is 1. The van der Waals surface area contributed by atoms with Gasteiger partial charge in [-0.2, -0.15) is 0 Å². The molecule has 2 aromatic rings. The van der Waals surface area contributed by atoms with Crippen molar-refractivity contribution in [1.29, 1.82) is 0 Å². The first-order valence-electron chi connectivity index (χ1n) is 9.04. The van der Waals surface area contributed by atoms with Gasteiger partial charge in [-0.3, -0.25) is 14.4 Å². The second kappa shape index (κ2) is 8.24. The van der Waals surface area contributed by atoms with E-state index in [1.807, 2.05) is 6.92 Å². The topological polar surface area (TPSA) is 98.7 Å². The number of nitrogens with one attached hydrogen (secondary N) is 2. The van der Waals surface area contributed by atoms with E-state index in [9.17, 15) is 19.5 Å². The van der Waals surface area contributed by atoms with Gasteiger partial charge in [-0.05, 0) is 37.8 Å². The number of anilines is 3. The number of amides is 1. The van der Waals surface area contributed by atoms with E-state index in [1.165, 1.54) is 11.0 Å². The molecule has 0 spiro atoms. The molecule has 0 bridgehead atoms. The van der Waals surface area contributed by atoms with E-state index in [0.717, 1.165) is 12.8 Å². The molecular formula is C20H27N3O4. The van der Waals surface area contributed by atoms with Crippen LogP contribution in [0.4, 0.5) is 17.1 Å². The quantitative estimate of drug-likeness (QED) is 0.486. The van der Waals surface area contributed by atoms with E-state index in [1.54, 1.807) is 26.2 Å². The molecule has 0 aliphatic rings. The van der Waals surface area contributed by atoms with Crippen LogP contribution in [0.5, 0.6) is 5.75 Å². The Morgan fingerprint density at radius 2 is 1.70 bits per heavy atom. The van der Waals surface area contributed by atoms with Gasteiger partial charge in [-0.25, -0.2) is 0 Å². The predicted molar refractivity (Wildman–Crippen MR) is 108 cm³/mol. The van der Waals surface area contributed by atoms with Crippen LogP contribution in [0, 0.1) is 5.92 Å². The average molecular weight is 373 g/mol. The average Bonchev–Trinajstić information content (AvgIpc) is 2.62. The van der Waals surface area contributed by atoms with Crippen LogP contribution in [0.2, 0.25) is 0 Å². The largest absolute Gasteiger partial charge is 0.505 e. The van der Waals surface area contributed by atoms with Crippen LogP contribution in [0.25, 0.3) is 0 Å². The summed E-state index contributed by atoms with van der Waals surface area (Å²) in [6.45, 7) is 6.21. The first-order valence-corrected chi connectivity index (χ1v) is 9.04. The highest BCUT2D eigenvalue weighted by atomic mass is 16.3. The van der Waals surface area contributed by atoms with Gasteiger partial charge in [-0.15, -0.1) is 0 Å². The highest BCUT2D eigenvalue weighted by Crippen LogP contribution is 2.32. The number of aromatic hydroxyl groups is 1. The summed E-state index contributed by atoms with van der Waals surface area (Å²) in [7, 11) is 3.16. The number of carbonyl (C=O) groups is 1. The first kappa shape index (κ1) is 20.5. The smallest absolute Gasteiger partial charge is 0.257 e. The molecule has 3 N–H and O–H groups in total. The molecule has 2 aromatic carbocycles. The zero-order valence-corrected chi connectivity index (χ0v) is 16.4. The van der Waals surface area contributed by atoms with Gasteiger partial charge in [0.2, 0.25) is 0 Å².